The minimum atomic E-state index is -0.241. The van der Waals surface area contributed by atoms with Gasteiger partial charge in [-0.3, -0.25) is 0 Å². The van der Waals surface area contributed by atoms with Gasteiger partial charge in [0.05, 0.1) is 0 Å². The number of nitrogens with zero attached hydrogens (tertiary/aromatic N) is 1. The van der Waals surface area contributed by atoms with Crippen molar-refractivity contribution in [2.45, 2.75) is 6.54 Å². The molecule has 0 radical (unpaired) electrons. The Labute approximate surface area is 102 Å². The van der Waals surface area contributed by atoms with Gasteiger partial charge in [0, 0.05) is 24.0 Å². The summed E-state index contributed by atoms with van der Waals surface area (Å²) in [7, 11) is 0. The van der Waals surface area contributed by atoms with E-state index in [4.69, 9.17) is 0 Å². The fourth-order valence-corrected chi connectivity index (χ4v) is 1.74. The number of benzene rings is 1. The number of halogens is 2. The molecule has 0 bridgehead atoms. The zero-order chi connectivity index (χ0) is 11.4. The number of rotatable bonds is 3. The summed E-state index contributed by atoms with van der Waals surface area (Å²) in [5.41, 5.74) is 1.79. The fraction of sp³-hybridized carbons (Fsp3) is 0.0833. The van der Waals surface area contributed by atoms with Crippen molar-refractivity contribution < 1.29 is 4.39 Å². The van der Waals surface area contributed by atoms with E-state index in [1.54, 1.807) is 12.3 Å². The molecule has 1 N–H and O–H groups in total. The largest absolute Gasteiger partial charge is 0.381 e. The number of hydrogen-bond donors (Lipinski definition) is 1. The lowest BCUT2D eigenvalue weighted by atomic mass is 10.2. The van der Waals surface area contributed by atoms with Gasteiger partial charge in [0.25, 0.3) is 0 Å². The number of anilines is 1. The molecule has 0 aliphatic heterocycles. The lowest BCUT2D eigenvalue weighted by Gasteiger charge is -2.07. The predicted octanol–water partition coefficient (Wildman–Crippen LogP) is 3.60. The highest BCUT2D eigenvalue weighted by molar-refractivity contribution is 9.10. The summed E-state index contributed by atoms with van der Waals surface area (Å²) in [6.45, 7) is 0.609. The molecule has 2 nitrogen and oxygen atoms in total. The summed E-state index contributed by atoms with van der Waals surface area (Å²) in [6, 6.07) is 10.2. The molecule has 0 aliphatic carbocycles. The molecule has 0 unspecified atom stereocenters. The molecule has 2 aromatic rings. The van der Waals surface area contributed by atoms with Crippen LogP contribution in [0, 0.1) is 5.82 Å². The molecule has 82 valence electrons. The number of aromatic nitrogens is 1. The van der Waals surface area contributed by atoms with Crippen LogP contribution in [-0.2, 0) is 6.54 Å². The molecule has 1 aromatic heterocycles. The lowest BCUT2D eigenvalue weighted by Crippen LogP contribution is -2.00. The Morgan fingerprint density at radius 1 is 1.25 bits per heavy atom. The van der Waals surface area contributed by atoms with E-state index in [1.807, 2.05) is 18.2 Å². The van der Waals surface area contributed by atoms with E-state index in [0.717, 1.165) is 15.9 Å². The minimum absolute atomic E-state index is 0.241. The van der Waals surface area contributed by atoms with Gasteiger partial charge in [-0.2, -0.15) is 0 Å². The Morgan fingerprint density at radius 3 is 2.88 bits per heavy atom. The van der Waals surface area contributed by atoms with Gasteiger partial charge in [-0.05, 0) is 40.2 Å². The van der Waals surface area contributed by atoms with Crippen LogP contribution in [0.15, 0.2) is 47.2 Å². The second-order valence-corrected chi connectivity index (χ2v) is 4.07. The Hall–Kier alpha value is -1.42. The SMILES string of the molecule is Fc1cccc(NCc2cccnc2Br)c1. The van der Waals surface area contributed by atoms with Crippen molar-refractivity contribution in [2.24, 2.45) is 0 Å². The van der Waals surface area contributed by atoms with Crippen LogP contribution in [0.3, 0.4) is 0 Å². The maximum Gasteiger partial charge on any atom is 0.125 e. The van der Waals surface area contributed by atoms with Gasteiger partial charge >= 0.3 is 0 Å². The molecule has 1 heterocycles. The second kappa shape index (κ2) is 5.07. The third kappa shape index (κ3) is 2.79. The average Bonchev–Trinajstić information content (AvgIpc) is 2.28. The highest BCUT2D eigenvalue weighted by atomic mass is 79.9. The molecule has 0 atom stereocenters. The Balaban J connectivity index is 2.05. The molecular weight excluding hydrogens is 271 g/mol. The molecule has 4 heteroatoms. The third-order valence-electron chi connectivity index (χ3n) is 2.14. The van der Waals surface area contributed by atoms with Gasteiger partial charge in [-0.25, -0.2) is 9.37 Å². The van der Waals surface area contributed by atoms with E-state index in [1.165, 1.54) is 12.1 Å². The third-order valence-corrected chi connectivity index (χ3v) is 2.86. The second-order valence-electron chi connectivity index (χ2n) is 3.32. The van der Waals surface area contributed by atoms with Crippen LogP contribution in [0.1, 0.15) is 5.56 Å². The highest BCUT2D eigenvalue weighted by Gasteiger charge is 2.00. The summed E-state index contributed by atoms with van der Waals surface area (Å²) in [5, 5.41) is 3.13. The standard InChI is InChI=1S/C12H10BrFN2/c13-12-9(3-2-6-15-12)8-16-11-5-1-4-10(14)7-11/h1-7,16H,8H2. The van der Waals surface area contributed by atoms with Crippen LogP contribution in [0.2, 0.25) is 0 Å². The molecule has 0 amide bonds. The maximum absolute atomic E-state index is 12.9. The van der Waals surface area contributed by atoms with Crippen molar-refractivity contribution in [1.82, 2.24) is 4.98 Å². The van der Waals surface area contributed by atoms with E-state index in [-0.39, 0.29) is 5.82 Å². The van der Waals surface area contributed by atoms with E-state index < -0.39 is 0 Å². The van der Waals surface area contributed by atoms with Crippen LogP contribution >= 0.6 is 15.9 Å². The van der Waals surface area contributed by atoms with E-state index >= 15 is 0 Å². The van der Waals surface area contributed by atoms with E-state index in [2.05, 4.69) is 26.2 Å². The highest BCUT2D eigenvalue weighted by Crippen LogP contribution is 2.15. The van der Waals surface area contributed by atoms with Crippen molar-refractivity contribution >= 4 is 21.6 Å². The summed E-state index contributed by atoms with van der Waals surface area (Å²) in [5.74, 6) is -0.241. The van der Waals surface area contributed by atoms with Crippen LogP contribution in [0.25, 0.3) is 0 Å². The van der Waals surface area contributed by atoms with Gasteiger partial charge in [-0.15, -0.1) is 0 Å². The maximum atomic E-state index is 12.9. The van der Waals surface area contributed by atoms with Gasteiger partial charge < -0.3 is 5.32 Å². The molecule has 0 spiro atoms. The average molecular weight is 281 g/mol. The number of hydrogen-bond acceptors (Lipinski definition) is 2. The first-order valence-electron chi connectivity index (χ1n) is 4.84. The molecular formula is C12H10BrFN2. The molecule has 0 saturated heterocycles. The van der Waals surface area contributed by atoms with Gasteiger partial charge in [-0.1, -0.05) is 12.1 Å². The van der Waals surface area contributed by atoms with Crippen molar-refractivity contribution in [3.63, 3.8) is 0 Å². The fourth-order valence-electron chi connectivity index (χ4n) is 1.35. The molecule has 1 aromatic carbocycles. The number of nitrogens with one attached hydrogen (secondary N) is 1. The van der Waals surface area contributed by atoms with E-state index in [0.29, 0.717) is 6.54 Å². The van der Waals surface area contributed by atoms with Crippen LogP contribution in [0.4, 0.5) is 10.1 Å². The van der Waals surface area contributed by atoms with Gasteiger partial charge in [0.1, 0.15) is 10.4 Å². The quantitative estimate of drug-likeness (QED) is 0.869. The summed E-state index contributed by atoms with van der Waals surface area (Å²) in [4.78, 5) is 4.11. The summed E-state index contributed by atoms with van der Waals surface area (Å²) >= 11 is 3.36. The van der Waals surface area contributed by atoms with Crippen molar-refractivity contribution in [2.75, 3.05) is 5.32 Å². The molecule has 0 saturated carbocycles. The molecule has 2 rings (SSSR count). The first kappa shape index (κ1) is 11.1. The first-order chi connectivity index (χ1) is 7.75. The zero-order valence-electron chi connectivity index (χ0n) is 8.45. The lowest BCUT2D eigenvalue weighted by molar-refractivity contribution is 0.628. The minimum Gasteiger partial charge on any atom is -0.381 e. The van der Waals surface area contributed by atoms with Crippen molar-refractivity contribution in [1.29, 1.82) is 0 Å². The van der Waals surface area contributed by atoms with Gasteiger partial charge in [0.15, 0.2) is 0 Å². The van der Waals surface area contributed by atoms with Gasteiger partial charge in [0.2, 0.25) is 0 Å². The predicted molar refractivity (Wildman–Crippen MR) is 65.7 cm³/mol. The monoisotopic (exact) mass is 280 g/mol. The summed E-state index contributed by atoms with van der Waals surface area (Å²) in [6.07, 6.45) is 1.72. The van der Waals surface area contributed by atoms with Crippen molar-refractivity contribution in [3.05, 3.63) is 58.6 Å². The van der Waals surface area contributed by atoms with Crippen LogP contribution in [-0.4, -0.2) is 4.98 Å². The summed E-state index contributed by atoms with van der Waals surface area (Å²) < 4.78 is 13.7. The van der Waals surface area contributed by atoms with Crippen LogP contribution in [0.5, 0.6) is 0 Å². The molecule has 16 heavy (non-hydrogen) atoms. The Kier molecular flexibility index (Phi) is 3.51. The Bertz CT molecular complexity index is 488. The molecule has 0 fully saturated rings. The zero-order valence-corrected chi connectivity index (χ0v) is 10.0. The topological polar surface area (TPSA) is 24.9 Å². The normalized spacial score (nSPS) is 10.1. The first-order valence-corrected chi connectivity index (χ1v) is 5.64. The smallest absolute Gasteiger partial charge is 0.125 e. The number of pyridine rings is 1. The van der Waals surface area contributed by atoms with Crippen LogP contribution < -0.4 is 5.32 Å². The van der Waals surface area contributed by atoms with E-state index in [9.17, 15) is 4.39 Å². The Morgan fingerprint density at radius 2 is 2.12 bits per heavy atom. The molecule has 0 aliphatic rings. The van der Waals surface area contributed by atoms with Crippen molar-refractivity contribution in [3.8, 4) is 0 Å².